The number of alkyl halides is 3. The first-order chi connectivity index (χ1) is 20.8. The third-order valence-corrected chi connectivity index (χ3v) is 7.08. The molecule has 0 aliphatic carbocycles. The highest BCUT2D eigenvalue weighted by molar-refractivity contribution is 6.34. The second-order valence-electron chi connectivity index (χ2n) is 9.61. The lowest BCUT2D eigenvalue weighted by molar-refractivity contribution is -0.164. The first kappa shape index (κ1) is 31.8. The Bertz CT molecular complexity index is 1690. The van der Waals surface area contributed by atoms with Gasteiger partial charge in [-0.15, -0.1) is 0 Å². The number of rotatable bonds is 10. The highest BCUT2D eigenvalue weighted by Crippen LogP contribution is 2.33. The second kappa shape index (κ2) is 13.0. The van der Waals surface area contributed by atoms with Crippen LogP contribution in [0.2, 0.25) is 5.02 Å². The number of amides is 1. The molecule has 226 valence electrons. The van der Waals surface area contributed by atoms with Crippen molar-refractivity contribution in [2.75, 3.05) is 11.9 Å². The number of carbonyl (C=O) groups excluding carboxylic acids is 2. The van der Waals surface area contributed by atoms with E-state index in [1.807, 2.05) is 0 Å². The van der Waals surface area contributed by atoms with Crippen molar-refractivity contribution in [2.45, 2.75) is 18.0 Å². The summed E-state index contributed by atoms with van der Waals surface area (Å²) >= 11 is 6.35. The Kier molecular flexibility index (Phi) is 9.39. The molecule has 44 heavy (non-hydrogen) atoms. The van der Waals surface area contributed by atoms with Crippen LogP contribution in [0.3, 0.4) is 0 Å². The van der Waals surface area contributed by atoms with E-state index in [0.29, 0.717) is 16.7 Å². The Morgan fingerprint density at radius 3 is 1.98 bits per heavy atom. The number of anilines is 1. The lowest BCUT2D eigenvalue weighted by Crippen LogP contribution is -2.48. The molecule has 4 aromatic rings. The van der Waals surface area contributed by atoms with Gasteiger partial charge in [-0.1, -0.05) is 78.3 Å². The normalized spacial score (nSPS) is 11.5. The van der Waals surface area contributed by atoms with Gasteiger partial charge in [-0.05, 0) is 52.6 Å². The lowest BCUT2D eigenvalue weighted by atomic mass is 9.81. The van der Waals surface area contributed by atoms with Gasteiger partial charge in [0.25, 0.3) is 5.91 Å². The summed E-state index contributed by atoms with van der Waals surface area (Å²) in [5.74, 6) is -4.90. The van der Waals surface area contributed by atoms with E-state index in [9.17, 15) is 42.6 Å². The van der Waals surface area contributed by atoms with Crippen molar-refractivity contribution in [3.63, 3.8) is 0 Å². The van der Waals surface area contributed by atoms with Crippen molar-refractivity contribution in [1.29, 1.82) is 0 Å². The summed E-state index contributed by atoms with van der Waals surface area (Å²) < 4.78 is 44.0. The molecule has 3 N–H and O–H groups in total. The van der Waals surface area contributed by atoms with Crippen LogP contribution in [0.4, 0.5) is 18.9 Å². The van der Waals surface area contributed by atoms with Crippen LogP contribution in [0, 0.1) is 0 Å². The quantitative estimate of drug-likeness (QED) is 0.136. The summed E-state index contributed by atoms with van der Waals surface area (Å²) in [5, 5.41) is 22.1. The summed E-state index contributed by atoms with van der Waals surface area (Å²) in [5.41, 5.74) is -1.94. The summed E-state index contributed by atoms with van der Waals surface area (Å²) in [6, 6.07) is 22.1. The smallest absolute Gasteiger partial charge is 0.416 e. The van der Waals surface area contributed by atoms with Crippen LogP contribution < -0.4 is 5.32 Å². The molecule has 0 heterocycles. The van der Waals surface area contributed by atoms with Gasteiger partial charge in [0.15, 0.2) is 0 Å². The summed E-state index contributed by atoms with van der Waals surface area (Å²) in [7, 11) is 0. The Labute approximate surface area is 253 Å². The molecule has 0 spiro atoms. The molecule has 0 aromatic heterocycles. The molecule has 4 rings (SSSR count). The van der Waals surface area contributed by atoms with Gasteiger partial charge in [0, 0.05) is 5.56 Å². The first-order valence-corrected chi connectivity index (χ1v) is 13.2. The molecule has 12 heteroatoms. The van der Waals surface area contributed by atoms with Gasteiger partial charge in [-0.25, -0.2) is 0 Å². The molecule has 0 aliphatic heterocycles. The Morgan fingerprint density at radius 2 is 1.39 bits per heavy atom. The van der Waals surface area contributed by atoms with Crippen LogP contribution in [-0.2, 0) is 37.1 Å². The molecule has 0 unspecified atom stereocenters. The number of halogens is 4. The van der Waals surface area contributed by atoms with Crippen molar-refractivity contribution < 1.29 is 47.3 Å². The van der Waals surface area contributed by atoms with Crippen LogP contribution in [0.5, 0.6) is 0 Å². The molecule has 8 nitrogen and oxygen atoms in total. The maximum atomic E-state index is 13.1. The van der Waals surface area contributed by atoms with Crippen LogP contribution in [0.25, 0.3) is 11.1 Å². The van der Waals surface area contributed by atoms with Crippen LogP contribution in [-0.4, -0.2) is 40.6 Å². The number of nitrogens with one attached hydrogen (secondary N) is 1. The zero-order valence-corrected chi connectivity index (χ0v) is 23.4. The Morgan fingerprint density at radius 1 is 0.773 bits per heavy atom. The molecule has 4 aromatic carbocycles. The standard InChI is InChI=1S/C32H23ClF3NO7/c33-25-16-19(17-27(38)44-18-31(29(40)41,30(42)43)21-6-2-1-3-7-21)10-15-26(25)37-28(39)24-9-5-4-8-23(24)20-11-13-22(14-12-20)32(34,35)36/h1-16H,17-18H2,(H,37,39)(H,40,41)(H,42,43). The van der Waals surface area contributed by atoms with Gasteiger partial charge in [0.1, 0.15) is 6.61 Å². The monoisotopic (exact) mass is 625 g/mol. The zero-order chi connectivity index (χ0) is 32.1. The van der Waals surface area contributed by atoms with E-state index in [-0.39, 0.29) is 28.3 Å². The molecule has 0 saturated heterocycles. The predicted molar refractivity (Wildman–Crippen MR) is 154 cm³/mol. The number of esters is 1. The van der Waals surface area contributed by atoms with Gasteiger partial charge >= 0.3 is 24.1 Å². The topological polar surface area (TPSA) is 130 Å². The number of carboxylic acids is 2. The maximum Gasteiger partial charge on any atom is 0.416 e. The predicted octanol–water partition coefficient (Wildman–Crippen LogP) is 6.47. The highest BCUT2D eigenvalue weighted by Gasteiger charge is 2.50. The molecule has 1 amide bonds. The molecule has 0 atom stereocenters. The van der Waals surface area contributed by atoms with E-state index >= 15 is 0 Å². The van der Waals surface area contributed by atoms with Gasteiger partial charge in [0.2, 0.25) is 5.41 Å². The van der Waals surface area contributed by atoms with E-state index in [1.165, 1.54) is 60.7 Å². The fourth-order valence-electron chi connectivity index (χ4n) is 4.41. The van der Waals surface area contributed by atoms with Gasteiger partial charge in [-0.2, -0.15) is 13.2 Å². The van der Waals surface area contributed by atoms with Gasteiger partial charge in [-0.3, -0.25) is 19.2 Å². The maximum absolute atomic E-state index is 13.1. The molecule has 0 aliphatic rings. The summed E-state index contributed by atoms with van der Waals surface area (Å²) in [6.45, 7) is -0.958. The fraction of sp³-hybridized carbons (Fsp3) is 0.125. The van der Waals surface area contributed by atoms with Gasteiger partial charge < -0.3 is 20.3 Å². The van der Waals surface area contributed by atoms with E-state index < -0.39 is 47.6 Å². The largest absolute Gasteiger partial charge is 0.480 e. The lowest BCUT2D eigenvalue weighted by Gasteiger charge is -2.25. The number of aliphatic carboxylic acids is 2. The van der Waals surface area contributed by atoms with Crippen molar-refractivity contribution in [2.24, 2.45) is 0 Å². The third kappa shape index (κ3) is 6.90. The summed E-state index contributed by atoms with van der Waals surface area (Å²) in [6.07, 6.45) is -4.88. The number of carbonyl (C=O) groups is 4. The number of ether oxygens (including phenoxy) is 1. The van der Waals surface area contributed by atoms with Crippen LogP contribution in [0.15, 0.2) is 97.1 Å². The van der Waals surface area contributed by atoms with Crippen molar-refractivity contribution >= 4 is 41.1 Å². The molecule has 0 radical (unpaired) electrons. The average molecular weight is 626 g/mol. The molecule has 0 saturated carbocycles. The number of carboxylic acid groups (broad SMARTS) is 2. The molecule has 0 bridgehead atoms. The van der Waals surface area contributed by atoms with Crippen molar-refractivity contribution in [3.8, 4) is 11.1 Å². The SMILES string of the molecule is O=C(Cc1ccc(NC(=O)c2ccccc2-c2ccc(C(F)(F)F)cc2)c(Cl)c1)OCC(C(=O)O)(C(=O)O)c1ccccc1. The minimum Gasteiger partial charge on any atom is -0.480 e. The van der Waals surface area contributed by atoms with Crippen LogP contribution >= 0.6 is 11.6 Å². The van der Waals surface area contributed by atoms with E-state index in [1.54, 1.807) is 24.3 Å². The van der Waals surface area contributed by atoms with Crippen LogP contribution in [0.1, 0.15) is 27.0 Å². The van der Waals surface area contributed by atoms with Crippen molar-refractivity contribution in [3.05, 3.63) is 124 Å². The average Bonchev–Trinajstić information content (AvgIpc) is 2.98. The van der Waals surface area contributed by atoms with Crippen molar-refractivity contribution in [1.82, 2.24) is 0 Å². The molecular weight excluding hydrogens is 603 g/mol. The number of hydrogen-bond donors (Lipinski definition) is 3. The molecule has 0 fully saturated rings. The van der Waals surface area contributed by atoms with E-state index in [0.717, 1.165) is 12.1 Å². The minimum atomic E-state index is -4.50. The zero-order valence-electron chi connectivity index (χ0n) is 22.6. The van der Waals surface area contributed by atoms with Gasteiger partial charge in [0.05, 0.1) is 22.7 Å². The number of benzene rings is 4. The minimum absolute atomic E-state index is 0.0466. The molecular formula is C32H23ClF3NO7. The second-order valence-corrected chi connectivity index (χ2v) is 10.0. The Hall–Kier alpha value is -5.16. The first-order valence-electron chi connectivity index (χ1n) is 12.9. The third-order valence-electron chi connectivity index (χ3n) is 6.77. The number of hydrogen-bond acceptors (Lipinski definition) is 5. The Balaban J connectivity index is 1.46. The summed E-state index contributed by atoms with van der Waals surface area (Å²) in [4.78, 5) is 49.7. The fourth-order valence-corrected chi connectivity index (χ4v) is 4.66. The van der Waals surface area contributed by atoms with E-state index in [4.69, 9.17) is 16.3 Å². The highest BCUT2D eigenvalue weighted by atomic mass is 35.5. The van der Waals surface area contributed by atoms with E-state index in [2.05, 4.69) is 5.32 Å².